The molecule has 146 valence electrons. The molecule has 4 rings (SSSR count). The van der Waals surface area contributed by atoms with Gasteiger partial charge in [-0.05, 0) is 34.2 Å². The first-order valence-corrected chi connectivity index (χ1v) is 9.76. The molecular formula is C21H25N5O2. The number of rotatable bonds is 7. The Morgan fingerprint density at radius 3 is 2.32 bits per heavy atom. The molecule has 28 heavy (non-hydrogen) atoms. The molecule has 1 aromatic heterocycles. The lowest BCUT2D eigenvalue weighted by Crippen LogP contribution is -2.48. The number of hydrogen-bond donors (Lipinski definition) is 0. The fourth-order valence-electron chi connectivity index (χ4n) is 3.48. The van der Waals surface area contributed by atoms with Crippen LogP contribution in [0.15, 0.2) is 59.4 Å². The minimum atomic E-state index is -0.267. The highest BCUT2D eigenvalue weighted by atomic mass is 16.7. The van der Waals surface area contributed by atoms with E-state index in [1.165, 1.54) is 5.56 Å². The van der Waals surface area contributed by atoms with Crippen LogP contribution in [0.25, 0.3) is 10.9 Å². The van der Waals surface area contributed by atoms with Crippen LogP contribution < -0.4 is 10.4 Å². The monoisotopic (exact) mass is 379 g/mol. The van der Waals surface area contributed by atoms with E-state index < -0.39 is 0 Å². The summed E-state index contributed by atoms with van der Waals surface area (Å²) >= 11 is 0. The van der Waals surface area contributed by atoms with Crippen molar-refractivity contribution in [1.29, 1.82) is 0 Å². The first-order chi connectivity index (χ1) is 13.8. The van der Waals surface area contributed by atoms with Gasteiger partial charge < -0.3 is 9.74 Å². The van der Waals surface area contributed by atoms with E-state index in [1.54, 1.807) is 12.1 Å². The predicted octanol–water partition coefficient (Wildman–Crippen LogP) is 1.08. The average Bonchev–Trinajstić information content (AvgIpc) is 2.76. The van der Waals surface area contributed by atoms with Gasteiger partial charge in [0, 0.05) is 39.3 Å². The molecule has 0 N–H and O–H groups in total. The van der Waals surface area contributed by atoms with Crippen LogP contribution in [0, 0.1) is 0 Å². The Bertz CT molecular complexity index is 952. The quantitative estimate of drug-likeness (QED) is 0.612. The van der Waals surface area contributed by atoms with Crippen molar-refractivity contribution in [2.45, 2.75) is 6.42 Å². The molecule has 3 aromatic rings. The van der Waals surface area contributed by atoms with Crippen molar-refractivity contribution in [2.24, 2.45) is 0 Å². The van der Waals surface area contributed by atoms with Crippen LogP contribution in [-0.2, 0) is 6.42 Å². The predicted molar refractivity (Wildman–Crippen MR) is 108 cm³/mol. The lowest BCUT2D eigenvalue weighted by Gasteiger charge is -2.34. The fraction of sp³-hybridized carbons (Fsp3) is 0.381. The molecule has 0 unspecified atom stereocenters. The summed E-state index contributed by atoms with van der Waals surface area (Å²) in [6, 6.07) is 17.8. The van der Waals surface area contributed by atoms with Gasteiger partial charge in [0.15, 0.2) is 0 Å². The highest BCUT2D eigenvalue weighted by molar-refractivity contribution is 5.76. The van der Waals surface area contributed by atoms with Crippen LogP contribution in [0.2, 0.25) is 0 Å². The number of benzene rings is 2. The minimum Gasteiger partial charge on any atom is -0.391 e. The van der Waals surface area contributed by atoms with Gasteiger partial charge in [-0.15, -0.1) is 5.10 Å². The van der Waals surface area contributed by atoms with Gasteiger partial charge in [0.25, 0.3) is 0 Å². The van der Waals surface area contributed by atoms with Crippen molar-refractivity contribution in [3.8, 4) is 0 Å². The maximum atomic E-state index is 12.4. The standard InChI is InChI=1S/C21H25N5O2/c27-21-19-8-4-5-9-20(19)22-23-26(21)28-17-16-25-14-12-24(13-15-25)11-10-18-6-2-1-3-7-18/h1-9H,10-17H2. The van der Waals surface area contributed by atoms with E-state index in [9.17, 15) is 4.79 Å². The number of aromatic nitrogens is 3. The highest BCUT2D eigenvalue weighted by Gasteiger charge is 2.16. The van der Waals surface area contributed by atoms with E-state index >= 15 is 0 Å². The maximum absolute atomic E-state index is 12.4. The number of hydrogen-bond acceptors (Lipinski definition) is 6. The lowest BCUT2D eigenvalue weighted by molar-refractivity contribution is 0.0387. The van der Waals surface area contributed by atoms with Gasteiger partial charge in [-0.1, -0.05) is 42.5 Å². The number of piperazine rings is 1. The summed E-state index contributed by atoms with van der Waals surface area (Å²) in [7, 11) is 0. The molecule has 1 aliphatic rings. The molecular weight excluding hydrogens is 354 g/mol. The van der Waals surface area contributed by atoms with Gasteiger partial charge in [0.05, 0.1) is 5.39 Å². The van der Waals surface area contributed by atoms with Gasteiger partial charge in [-0.25, -0.2) is 0 Å². The van der Waals surface area contributed by atoms with E-state index in [0.717, 1.165) is 50.5 Å². The molecule has 7 nitrogen and oxygen atoms in total. The van der Waals surface area contributed by atoms with E-state index in [2.05, 4.69) is 50.4 Å². The van der Waals surface area contributed by atoms with E-state index in [0.29, 0.717) is 17.5 Å². The Kier molecular flexibility index (Phi) is 5.94. The Balaban J connectivity index is 1.21. The molecule has 0 atom stereocenters. The summed E-state index contributed by atoms with van der Waals surface area (Å²) in [5.74, 6) is 0. The van der Waals surface area contributed by atoms with Crippen LogP contribution in [0.1, 0.15) is 5.56 Å². The van der Waals surface area contributed by atoms with Crippen molar-refractivity contribution in [3.63, 3.8) is 0 Å². The second-order valence-corrected chi connectivity index (χ2v) is 7.04. The average molecular weight is 379 g/mol. The Hall–Kier alpha value is -2.77. The molecule has 0 spiro atoms. The minimum absolute atomic E-state index is 0.267. The molecule has 1 fully saturated rings. The lowest BCUT2D eigenvalue weighted by atomic mass is 10.1. The van der Waals surface area contributed by atoms with Crippen molar-refractivity contribution >= 4 is 10.9 Å². The van der Waals surface area contributed by atoms with Crippen LogP contribution in [0.3, 0.4) is 0 Å². The topological polar surface area (TPSA) is 63.5 Å². The molecule has 0 radical (unpaired) electrons. The molecule has 1 saturated heterocycles. The van der Waals surface area contributed by atoms with Crippen molar-refractivity contribution in [3.05, 3.63) is 70.5 Å². The largest absolute Gasteiger partial charge is 0.391 e. The Morgan fingerprint density at radius 2 is 1.54 bits per heavy atom. The van der Waals surface area contributed by atoms with E-state index in [1.807, 2.05) is 12.1 Å². The molecule has 0 amide bonds. The number of nitrogens with zero attached hydrogens (tertiary/aromatic N) is 5. The molecule has 7 heteroatoms. The van der Waals surface area contributed by atoms with Gasteiger partial charge >= 0.3 is 5.56 Å². The van der Waals surface area contributed by atoms with Gasteiger partial charge in [0.1, 0.15) is 12.1 Å². The van der Waals surface area contributed by atoms with Crippen LogP contribution >= 0.6 is 0 Å². The first kappa shape index (κ1) is 18.6. The van der Waals surface area contributed by atoms with E-state index in [4.69, 9.17) is 4.84 Å². The van der Waals surface area contributed by atoms with Crippen molar-refractivity contribution in [1.82, 2.24) is 25.0 Å². The third-order valence-electron chi connectivity index (χ3n) is 5.19. The summed E-state index contributed by atoms with van der Waals surface area (Å²) in [6.45, 7) is 6.42. The molecule has 1 aliphatic heterocycles. The first-order valence-electron chi connectivity index (χ1n) is 9.76. The second-order valence-electron chi connectivity index (χ2n) is 7.04. The third-order valence-corrected chi connectivity index (χ3v) is 5.19. The summed E-state index contributed by atoms with van der Waals surface area (Å²) in [6.07, 6.45) is 1.09. The van der Waals surface area contributed by atoms with Crippen LogP contribution in [0.4, 0.5) is 0 Å². The Morgan fingerprint density at radius 1 is 0.857 bits per heavy atom. The molecule has 2 aromatic carbocycles. The Labute approximate surface area is 164 Å². The maximum Gasteiger partial charge on any atom is 0.314 e. The zero-order chi connectivity index (χ0) is 19.2. The van der Waals surface area contributed by atoms with Crippen molar-refractivity contribution < 1.29 is 4.84 Å². The van der Waals surface area contributed by atoms with Gasteiger partial charge in [-0.2, -0.15) is 0 Å². The summed E-state index contributed by atoms with van der Waals surface area (Å²) in [5.41, 5.74) is 1.70. The molecule has 0 bridgehead atoms. The van der Waals surface area contributed by atoms with Crippen LogP contribution in [-0.4, -0.2) is 70.8 Å². The fourth-order valence-corrected chi connectivity index (χ4v) is 3.48. The summed E-state index contributed by atoms with van der Waals surface area (Å²) < 4.78 is 0. The van der Waals surface area contributed by atoms with Crippen molar-refractivity contribution in [2.75, 3.05) is 45.9 Å². The summed E-state index contributed by atoms with van der Waals surface area (Å²) in [4.78, 5) is 23.8. The third kappa shape index (κ3) is 4.55. The zero-order valence-corrected chi connectivity index (χ0v) is 15.9. The second kappa shape index (κ2) is 8.95. The van der Waals surface area contributed by atoms with Crippen LogP contribution in [0.5, 0.6) is 0 Å². The number of fused-ring (bicyclic) bond motifs is 1. The smallest absolute Gasteiger partial charge is 0.314 e. The van der Waals surface area contributed by atoms with Gasteiger partial charge in [-0.3, -0.25) is 9.69 Å². The zero-order valence-electron chi connectivity index (χ0n) is 15.9. The molecule has 2 heterocycles. The van der Waals surface area contributed by atoms with E-state index in [-0.39, 0.29) is 5.56 Å². The molecule has 0 saturated carbocycles. The van der Waals surface area contributed by atoms with Gasteiger partial charge in [0.2, 0.25) is 0 Å². The molecule has 0 aliphatic carbocycles. The SMILES string of the molecule is O=c1c2ccccc2nnn1OCCN1CCN(CCc2ccccc2)CC1. The summed E-state index contributed by atoms with van der Waals surface area (Å²) in [5, 5.41) is 8.41. The highest BCUT2D eigenvalue weighted by Crippen LogP contribution is 2.06. The normalized spacial score (nSPS) is 15.7.